The Balaban J connectivity index is 3.44. The van der Waals surface area contributed by atoms with Gasteiger partial charge in [0.15, 0.2) is 15.5 Å². The van der Waals surface area contributed by atoms with Crippen LogP contribution in [0.2, 0.25) is 0 Å². The first-order valence-electron chi connectivity index (χ1n) is 4.61. The molecule has 1 aromatic heterocycles. The van der Waals surface area contributed by atoms with Gasteiger partial charge in [-0.2, -0.15) is 5.26 Å². The second-order valence-electron chi connectivity index (χ2n) is 3.24. The summed E-state index contributed by atoms with van der Waals surface area (Å²) in [5.41, 5.74) is 0.568. The largest absolute Gasteiger partial charge is 0.244 e. The third-order valence-electron chi connectivity index (χ3n) is 1.99. The molecule has 0 spiro atoms. The molecule has 4 nitrogen and oxygen atoms in total. The van der Waals surface area contributed by atoms with Crippen LogP contribution in [-0.4, -0.2) is 19.2 Å². The molecule has 0 radical (unpaired) electrons. The molecular weight excluding hydrogens is 212 g/mol. The minimum absolute atomic E-state index is 0.0107. The maximum absolute atomic E-state index is 11.8. The normalized spacial score (nSPS) is 11.0. The van der Waals surface area contributed by atoms with Gasteiger partial charge in [-0.25, -0.2) is 13.4 Å². The van der Waals surface area contributed by atoms with Crippen LogP contribution in [0.4, 0.5) is 0 Å². The van der Waals surface area contributed by atoms with E-state index >= 15 is 0 Å². The maximum Gasteiger partial charge on any atom is 0.181 e. The van der Waals surface area contributed by atoms with E-state index in [0.29, 0.717) is 12.0 Å². The minimum Gasteiger partial charge on any atom is -0.244 e. The van der Waals surface area contributed by atoms with Crippen molar-refractivity contribution in [2.24, 2.45) is 0 Å². The molecule has 0 saturated heterocycles. The van der Waals surface area contributed by atoms with Crippen LogP contribution in [-0.2, 0) is 9.84 Å². The zero-order valence-corrected chi connectivity index (χ0v) is 9.50. The first kappa shape index (κ1) is 11.7. The lowest BCUT2D eigenvalue weighted by molar-refractivity contribution is 0.593. The molecule has 80 valence electrons. The van der Waals surface area contributed by atoms with Crippen molar-refractivity contribution < 1.29 is 8.42 Å². The number of aryl methyl sites for hydroxylation is 1. The van der Waals surface area contributed by atoms with Crippen LogP contribution in [0.5, 0.6) is 0 Å². The van der Waals surface area contributed by atoms with E-state index in [9.17, 15) is 8.42 Å². The Morgan fingerprint density at radius 1 is 1.53 bits per heavy atom. The summed E-state index contributed by atoms with van der Waals surface area (Å²) in [6.45, 7) is 3.46. The summed E-state index contributed by atoms with van der Waals surface area (Å²) < 4.78 is 23.7. The first-order chi connectivity index (χ1) is 7.03. The zero-order chi connectivity index (χ0) is 11.5. The molecule has 0 aliphatic carbocycles. The van der Waals surface area contributed by atoms with E-state index < -0.39 is 9.84 Å². The smallest absolute Gasteiger partial charge is 0.181 e. The maximum atomic E-state index is 11.8. The number of hydrogen-bond donors (Lipinski definition) is 0. The molecule has 0 unspecified atom stereocenters. The molecule has 0 saturated carbocycles. The minimum atomic E-state index is -3.37. The van der Waals surface area contributed by atoms with Gasteiger partial charge in [0.05, 0.1) is 5.75 Å². The molecule has 0 aromatic carbocycles. The molecule has 5 heteroatoms. The fourth-order valence-electron chi connectivity index (χ4n) is 1.39. The van der Waals surface area contributed by atoms with Gasteiger partial charge in [-0.3, -0.25) is 0 Å². The van der Waals surface area contributed by atoms with Crippen molar-refractivity contribution in [1.29, 1.82) is 5.26 Å². The van der Waals surface area contributed by atoms with Gasteiger partial charge in [0.1, 0.15) is 11.0 Å². The summed E-state index contributed by atoms with van der Waals surface area (Å²) in [5, 5.41) is 8.80. The number of aromatic nitrogens is 1. The molecular formula is C10H12N2O2S. The highest BCUT2D eigenvalue weighted by molar-refractivity contribution is 7.91. The fraction of sp³-hybridized carbons (Fsp3) is 0.400. The number of nitriles is 1. The van der Waals surface area contributed by atoms with E-state index in [1.165, 1.54) is 6.20 Å². The molecule has 1 heterocycles. The predicted molar refractivity (Wildman–Crippen MR) is 56.0 cm³/mol. The van der Waals surface area contributed by atoms with Crippen LogP contribution in [0.25, 0.3) is 0 Å². The molecule has 0 N–H and O–H groups in total. The summed E-state index contributed by atoms with van der Waals surface area (Å²) in [5.74, 6) is 0.0498. The summed E-state index contributed by atoms with van der Waals surface area (Å²) >= 11 is 0. The van der Waals surface area contributed by atoms with Gasteiger partial charge < -0.3 is 0 Å². The van der Waals surface area contributed by atoms with Gasteiger partial charge >= 0.3 is 0 Å². The van der Waals surface area contributed by atoms with Crippen LogP contribution < -0.4 is 0 Å². The quantitative estimate of drug-likeness (QED) is 0.779. The average Bonchev–Trinajstić information content (AvgIpc) is 2.16. The summed E-state index contributed by atoms with van der Waals surface area (Å²) in [4.78, 5) is 3.84. The van der Waals surface area contributed by atoms with Gasteiger partial charge in [0.25, 0.3) is 0 Å². The standard InChI is InChI=1S/C10H12N2O2S/c1-3-6-15(13,14)10-8(2)4-5-12-9(10)7-11/h4-5H,3,6H2,1-2H3. The molecule has 0 aliphatic heterocycles. The van der Waals surface area contributed by atoms with E-state index in [-0.39, 0.29) is 16.3 Å². The Bertz CT molecular complexity index is 501. The summed E-state index contributed by atoms with van der Waals surface area (Å²) in [6, 6.07) is 3.41. The van der Waals surface area contributed by atoms with Crippen molar-refractivity contribution >= 4 is 9.84 Å². The number of nitrogens with zero attached hydrogens (tertiary/aromatic N) is 2. The molecule has 0 bridgehead atoms. The highest BCUT2D eigenvalue weighted by Gasteiger charge is 2.20. The SMILES string of the molecule is CCCS(=O)(=O)c1c(C)ccnc1C#N. The van der Waals surface area contributed by atoms with Gasteiger partial charge in [-0.1, -0.05) is 6.92 Å². The Morgan fingerprint density at radius 2 is 2.20 bits per heavy atom. The molecule has 1 aromatic rings. The summed E-state index contributed by atoms with van der Waals surface area (Å²) in [7, 11) is -3.37. The van der Waals surface area contributed by atoms with E-state index in [4.69, 9.17) is 5.26 Å². The number of sulfone groups is 1. The van der Waals surface area contributed by atoms with Crippen LogP contribution >= 0.6 is 0 Å². The van der Waals surface area contributed by atoms with Crippen molar-refractivity contribution in [3.8, 4) is 6.07 Å². The zero-order valence-electron chi connectivity index (χ0n) is 8.69. The molecule has 0 amide bonds. The van der Waals surface area contributed by atoms with E-state index in [0.717, 1.165) is 0 Å². The van der Waals surface area contributed by atoms with E-state index in [2.05, 4.69) is 4.98 Å². The lowest BCUT2D eigenvalue weighted by Gasteiger charge is -2.07. The number of rotatable bonds is 3. The molecule has 15 heavy (non-hydrogen) atoms. The molecule has 0 fully saturated rings. The van der Waals surface area contributed by atoms with Crippen LogP contribution in [0.1, 0.15) is 24.6 Å². The van der Waals surface area contributed by atoms with Crippen molar-refractivity contribution in [3.63, 3.8) is 0 Å². The van der Waals surface area contributed by atoms with Crippen molar-refractivity contribution in [1.82, 2.24) is 4.98 Å². The van der Waals surface area contributed by atoms with Gasteiger partial charge in [0, 0.05) is 6.20 Å². The van der Waals surface area contributed by atoms with Crippen molar-refractivity contribution in [2.75, 3.05) is 5.75 Å². The Labute approximate surface area is 89.5 Å². The van der Waals surface area contributed by atoms with Gasteiger partial charge in [-0.05, 0) is 25.0 Å². The lowest BCUT2D eigenvalue weighted by atomic mass is 10.2. The first-order valence-corrected chi connectivity index (χ1v) is 6.26. The highest BCUT2D eigenvalue weighted by atomic mass is 32.2. The second kappa shape index (κ2) is 4.41. The van der Waals surface area contributed by atoms with Crippen molar-refractivity contribution in [3.05, 3.63) is 23.5 Å². The fourth-order valence-corrected chi connectivity index (χ4v) is 3.08. The topological polar surface area (TPSA) is 70.8 Å². The lowest BCUT2D eigenvalue weighted by Crippen LogP contribution is -2.10. The van der Waals surface area contributed by atoms with E-state index in [1.54, 1.807) is 19.9 Å². The van der Waals surface area contributed by atoms with Crippen LogP contribution in [0, 0.1) is 18.3 Å². The van der Waals surface area contributed by atoms with Gasteiger partial charge in [-0.15, -0.1) is 0 Å². The highest BCUT2D eigenvalue weighted by Crippen LogP contribution is 2.19. The predicted octanol–water partition coefficient (Wildman–Crippen LogP) is 1.45. The molecule has 0 aliphatic rings. The van der Waals surface area contributed by atoms with Crippen LogP contribution in [0.15, 0.2) is 17.2 Å². The molecule has 1 rings (SSSR count). The number of pyridine rings is 1. The monoisotopic (exact) mass is 224 g/mol. The number of hydrogen-bond acceptors (Lipinski definition) is 4. The third kappa shape index (κ3) is 2.34. The Morgan fingerprint density at radius 3 is 2.73 bits per heavy atom. The average molecular weight is 224 g/mol. The van der Waals surface area contributed by atoms with Gasteiger partial charge in [0.2, 0.25) is 0 Å². The van der Waals surface area contributed by atoms with Crippen molar-refractivity contribution in [2.45, 2.75) is 25.2 Å². The second-order valence-corrected chi connectivity index (χ2v) is 5.28. The Kier molecular flexibility index (Phi) is 3.43. The summed E-state index contributed by atoms with van der Waals surface area (Å²) in [6.07, 6.45) is 1.97. The van der Waals surface area contributed by atoms with E-state index in [1.807, 2.05) is 6.07 Å². The third-order valence-corrected chi connectivity index (χ3v) is 4.07. The Hall–Kier alpha value is -1.41. The molecule has 0 atom stereocenters. The van der Waals surface area contributed by atoms with Crippen LogP contribution in [0.3, 0.4) is 0 Å².